The topological polar surface area (TPSA) is 35.8 Å². The van der Waals surface area contributed by atoms with E-state index in [9.17, 15) is 5.26 Å². The smallest absolute Gasteiger partial charge is 0.121 e. The number of hydrogen-bond donors (Lipinski definition) is 1. The fourth-order valence-electron chi connectivity index (χ4n) is 2.66. The molecule has 0 aromatic heterocycles. The van der Waals surface area contributed by atoms with E-state index in [1.54, 1.807) is 0 Å². The molecular weight excluding hydrogens is 220 g/mol. The van der Waals surface area contributed by atoms with Gasteiger partial charge in [0.15, 0.2) is 0 Å². The summed E-state index contributed by atoms with van der Waals surface area (Å²) in [6.45, 7) is 2.15. The van der Waals surface area contributed by atoms with Gasteiger partial charge in [0.1, 0.15) is 6.04 Å². The third kappa shape index (κ3) is 3.34. The molecule has 1 aromatic carbocycles. The summed E-state index contributed by atoms with van der Waals surface area (Å²) in [5.41, 5.74) is 2.42. The SMILES string of the molecule is CCc1ccc(C(C#N)NC2CCCCC2)cc1. The highest BCUT2D eigenvalue weighted by Gasteiger charge is 2.18. The molecule has 0 bridgehead atoms. The summed E-state index contributed by atoms with van der Waals surface area (Å²) in [4.78, 5) is 0. The molecule has 96 valence electrons. The summed E-state index contributed by atoms with van der Waals surface area (Å²) in [5.74, 6) is 0. The first-order valence-electron chi connectivity index (χ1n) is 7.08. The normalized spacial score (nSPS) is 18.2. The lowest BCUT2D eigenvalue weighted by molar-refractivity contribution is 0.360. The number of aryl methyl sites for hydroxylation is 1. The third-order valence-electron chi connectivity index (χ3n) is 3.86. The first-order valence-corrected chi connectivity index (χ1v) is 7.08. The van der Waals surface area contributed by atoms with Gasteiger partial charge in [0.25, 0.3) is 0 Å². The van der Waals surface area contributed by atoms with Crippen LogP contribution in [0.25, 0.3) is 0 Å². The van der Waals surface area contributed by atoms with E-state index in [0.717, 1.165) is 12.0 Å². The van der Waals surface area contributed by atoms with Crippen molar-refractivity contribution < 1.29 is 0 Å². The van der Waals surface area contributed by atoms with Gasteiger partial charge in [0, 0.05) is 6.04 Å². The maximum atomic E-state index is 9.32. The molecule has 2 heteroatoms. The van der Waals surface area contributed by atoms with Crippen LogP contribution in [0.4, 0.5) is 0 Å². The highest BCUT2D eigenvalue weighted by molar-refractivity contribution is 5.28. The lowest BCUT2D eigenvalue weighted by Gasteiger charge is -2.25. The van der Waals surface area contributed by atoms with E-state index in [0.29, 0.717) is 6.04 Å². The molecule has 0 spiro atoms. The minimum absolute atomic E-state index is 0.154. The van der Waals surface area contributed by atoms with Crippen LogP contribution in [-0.2, 0) is 6.42 Å². The molecule has 0 aliphatic heterocycles. The molecule has 0 saturated heterocycles. The van der Waals surface area contributed by atoms with Gasteiger partial charge in [-0.25, -0.2) is 0 Å². The Hall–Kier alpha value is -1.33. The Morgan fingerprint density at radius 2 is 1.89 bits per heavy atom. The van der Waals surface area contributed by atoms with Crippen LogP contribution in [-0.4, -0.2) is 6.04 Å². The summed E-state index contributed by atoms with van der Waals surface area (Å²) in [7, 11) is 0. The Kier molecular flexibility index (Phi) is 4.78. The second-order valence-electron chi connectivity index (χ2n) is 5.16. The Balaban J connectivity index is 2.00. The zero-order valence-electron chi connectivity index (χ0n) is 11.2. The molecule has 0 radical (unpaired) electrons. The Labute approximate surface area is 110 Å². The number of benzene rings is 1. The maximum absolute atomic E-state index is 9.32. The minimum Gasteiger partial charge on any atom is -0.295 e. The second-order valence-corrected chi connectivity index (χ2v) is 5.16. The predicted octanol–water partition coefficient (Wildman–Crippen LogP) is 3.74. The van der Waals surface area contributed by atoms with Crippen LogP contribution in [0.2, 0.25) is 0 Å². The zero-order valence-corrected chi connectivity index (χ0v) is 11.2. The second kappa shape index (κ2) is 6.56. The maximum Gasteiger partial charge on any atom is 0.121 e. The Bertz CT molecular complexity index is 396. The standard InChI is InChI=1S/C16H22N2/c1-2-13-8-10-14(11-9-13)16(12-17)18-15-6-4-3-5-7-15/h8-11,15-16,18H,2-7H2,1H3. The molecule has 1 unspecified atom stereocenters. The average Bonchev–Trinajstić information content (AvgIpc) is 2.46. The predicted molar refractivity (Wildman–Crippen MR) is 74.2 cm³/mol. The Morgan fingerprint density at radius 1 is 1.22 bits per heavy atom. The molecule has 1 aliphatic rings. The molecule has 1 saturated carbocycles. The van der Waals surface area contributed by atoms with Gasteiger partial charge >= 0.3 is 0 Å². The van der Waals surface area contributed by atoms with Gasteiger partial charge in [0.2, 0.25) is 0 Å². The highest BCUT2D eigenvalue weighted by Crippen LogP contribution is 2.21. The van der Waals surface area contributed by atoms with Crippen LogP contribution >= 0.6 is 0 Å². The molecule has 0 heterocycles. The molecule has 2 nitrogen and oxygen atoms in total. The van der Waals surface area contributed by atoms with Gasteiger partial charge in [-0.05, 0) is 30.4 Å². The zero-order chi connectivity index (χ0) is 12.8. The van der Waals surface area contributed by atoms with Crippen LogP contribution < -0.4 is 5.32 Å². The van der Waals surface area contributed by atoms with Crippen molar-refractivity contribution >= 4 is 0 Å². The molecule has 18 heavy (non-hydrogen) atoms. The summed E-state index contributed by atoms with van der Waals surface area (Å²) in [5, 5.41) is 12.8. The van der Waals surface area contributed by atoms with Crippen molar-refractivity contribution in [1.82, 2.24) is 5.32 Å². The summed E-state index contributed by atoms with van der Waals surface area (Å²) < 4.78 is 0. The molecule has 1 N–H and O–H groups in total. The first kappa shape index (κ1) is 13.1. The monoisotopic (exact) mass is 242 g/mol. The van der Waals surface area contributed by atoms with Gasteiger partial charge < -0.3 is 0 Å². The van der Waals surface area contributed by atoms with Crippen LogP contribution in [0.15, 0.2) is 24.3 Å². The van der Waals surface area contributed by atoms with E-state index in [1.165, 1.54) is 37.7 Å². The van der Waals surface area contributed by atoms with E-state index in [1.807, 2.05) is 0 Å². The van der Waals surface area contributed by atoms with Crippen LogP contribution in [0, 0.1) is 11.3 Å². The number of nitrogens with one attached hydrogen (secondary N) is 1. The van der Waals surface area contributed by atoms with Crippen molar-refractivity contribution in [2.24, 2.45) is 0 Å². The molecule has 1 aliphatic carbocycles. The third-order valence-corrected chi connectivity index (χ3v) is 3.86. The molecule has 1 fully saturated rings. The number of hydrogen-bond acceptors (Lipinski definition) is 2. The van der Waals surface area contributed by atoms with Crippen molar-refractivity contribution in [2.45, 2.75) is 57.5 Å². The largest absolute Gasteiger partial charge is 0.295 e. The average molecular weight is 242 g/mol. The van der Waals surface area contributed by atoms with E-state index in [-0.39, 0.29) is 6.04 Å². The quantitative estimate of drug-likeness (QED) is 0.873. The summed E-state index contributed by atoms with van der Waals surface area (Å²) in [6.07, 6.45) is 7.42. The van der Waals surface area contributed by atoms with E-state index in [4.69, 9.17) is 0 Å². The van der Waals surface area contributed by atoms with Crippen LogP contribution in [0.1, 0.15) is 56.2 Å². The Morgan fingerprint density at radius 3 is 2.44 bits per heavy atom. The molecule has 0 amide bonds. The first-order chi connectivity index (χ1) is 8.83. The van der Waals surface area contributed by atoms with Gasteiger partial charge in [-0.1, -0.05) is 50.5 Å². The number of nitriles is 1. The van der Waals surface area contributed by atoms with Gasteiger partial charge in [-0.2, -0.15) is 5.26 Å². The highest BCUT2D eigenvalue weighted by atomic mass is 14.9. The van der Waals surface area contributed by atoms with Crippen molar-refractivity contribution in [3.63, 3.8) is 0 Å². The molecular formula is C16H22N2. The minimum atomic E-state index is -0.154. The van der Waals surface area contributed by atoms with Crippen molar-refractivity contribution in [1.29, 1.82) is 5.26 Å². The van der Waals surface area contributed by atoms with Crippen LogP contribution in [0.3, 0.4) is 0 Å². The van der Waals surface area contributed by atoms with Gasteiger partial charge in [-0.3, -0.25) is 5.32 Å². The molecule has 1 aromatic rings. The fourth-order valence-corrected chi connectivity index (χ4v) is 2.66. The fraction of sp³-hybridized carbons (Fsp3) is 0.562. The van der Waals surface area contributed by atoms with Crippen molar-refractivity contribution in [3.8, 4) is 6.07 Å². The van der Waals surface area contributed by atoms with E-state index >= 15 is 0 Å². The molecule has 1 atom stereocenters. The van der Waals surface area contributed by atoms with Crippen LogP contribution in [0.5, 0.6) is 0 Å². The van der Waals surface area contributed by atoms with E-state index in [2.05, 4.69) is 42.6 Å². The van der Waals surface area contributed by atoms with Crippen molar-refractivity contribution in [2.75, 3.05) is 0 Å². The molecule has 2 rings (SSSR count). The van der Waals surface area contributed by atoms with Crippen molar-refractivity contribution in [3.05, 3.63) is 35.4 Å². The summed E-state index contributed by atoms with van der Waals surface area (Å²) >= 11 is 0. The van der Waals surface area contributed by atoms with Gasteiger partial charge in [0.05, 0.1) is 6.07 Å². The summed E-state index contributed by atoms with van der Waals surface area (Å²) in [6, 6.07) is 11.2. The lowest BCUT2D eigenvalue weighted by atomic mass is 9.94. The number of rotatable bonds is 4. The van der Waals surface area contributed by atoms with E-state index < -0.39 is 0 Å². The number of nitrogens with zero attached hydrogens (tertiary/aromatic N) is 1. The van der Waals surface area contributed by atoms with Gasteiger partial charge in [-0.15, -0.1) is 0 Å². The lowest BCUT2D eigenvalue weighted by Crippen LogP contribution is -2.33.